The Morgan fingerprint density at radius 2 is 1.94 bits per heavy atom. The van der Waals surface area contributed by atoms with E-state index < -0.39 is 10.0 Å². The zero-order valence-corrected chi connectivity index (χ0v) is 9.68. The number of rotatable bonds is 3. The zero-order valence-electron chi connectivity index (χ0n) is 8.87. The third-order valence-corrected chi connectivity index (χ3v) is 4.01. The first-order valence-electron chi connectivity index (χ1n) is 4.99. The number of aryl methyl sites for hydroxylation is 1. The number of benzene rings is 1. The Hall–Kier alpha value is -1.62. The van der Waals surface area contributed by atoms with Crippen molar-refractivity contribution in [2.75, 3.05) is 0 Å². The van der Waals surface area contributed by atoms with Crippen LogP contribution in [0.1, 0.15) is 12.7 Å². The molecule has 0 spiro atoms. The molecule has 1 heterocycles. The van der Waals surface area contributed by atoms with Crippen LogP contribution in [-0.4, -0.2) is 17.4 Å². The standard InChI is InChI=1S/C11H12N2O2S/c1-2-11-12-8-9-13(11)16(14,15)10-6-4-3-5-7-10/h3-9H,2H2,1H3. The van der Waals surface area contributed by atoms with Crippen molar-refractivity contribution in [3.63, 3.8) is 0 Å². The second-order valence-corrected chi connectivity index (χ2v) is 5.13. The van der Waals surface area contributed by atoms with E-state index in [0.29, 0.717) is 12.2 Å². The van der Waals surface area contributed by atoms with E-state index in [4.69, 9.17) is 0 Å². The van der Waals surface area contributed by atoms with Gasteiger partial charge in [0.15, 0.2) is 0 Å². The summed E-state index contributed by atoms with van der Waals surface area (Å²) in [5, 5.41) is 0. The second kappa shape index (κ2) is 4.09. The molecule has 16 heavy (non-hydrogen) atoms. The van der Waals surface area contributed by atoms with Crippen LogP contribution in [0.3, 0.4) is 0 Å². The molecule has 0 amide bonds. The zero-order chi connectivity index (χ0) is 11.6. The number of hydrogen-bond donors (Lipinski definition) is 0. The van der Waals surface area contributed by atoms with Gasteiger partial charge in [-0.25, -0.2) is 17.4 Å². The first kappa shape index (κ1) is 10.9. The third kappa shape index (κ3) is 1.74. The number of aromatic nitrogens is 2. The molecule has 2 rings (SSSR count). The highest BCUT2D eigenvalue weighted by molar-refractivity contribution is 7.90. The molecule has 0 radical (unpaired) electrons. The molecule has 1 aromatic heterocycles. The van der Waals surface area contributed by atoms with Crippen LogP contribution in [0.2, 0.25) is 0 Å². The molecule has 0 aliphatic rings. The highest BCUT2D eigenvalue weighted by atomic mass is 32.2. The second-order valence-electron chi connectivity index (χ2n) is 3.31. The fourth-order valence-corrected chi connectivity index (χ4v) is 2.89. The van der Waals surface area contributed by atoms with Gasteiger partial charge in [-0.15, -0.1) is 0 Å². The molecule has 84 valence electrons. The van der Waals surface area contributed by atoms with Gasteiger partial charge in [-0.1, -0.05) is 25.1 Å². The van der Waals surface area contributed by atoms with Crippen molar-refractivity contribution in [1.82, 2.24) is 8.96 Å². The van der Waals surface area contributed by atoms with Crippen LogP contribution in [0.4, 0.5) is 0 Å². The summed E-state index contributed by atoms with van der Waals surface area (Å²) < 4.78 is 25.6. The van der Waals surface area contributed by atoms with Crippen LogP contribution in [0.25, 0.3) is 0 Å². The molecule has 0 unspecified atom stereocenters. The maximum Gasteiger partial charge on any atom is 0.269 e. The highest BCUT2D eigenvalue weighted by Gasteiger charge is 2.18. The highest BCUT2D eigenvalue weighted by Crippen LogP contribution is 2.14. The Morgan fingerprint density at radius 3 is 2.56 bits per heavy atom. The van der Waals surface area contributed by atoms with Crippen LogP contribution in [-0.2, 0) is 16.4 Å². The normalized spacial score (nSPS) is 11.6. The summed E-state index contributed by atoms with van der Waals surface area (Å²) in [7, 11) is -3.48. The summed E-state index contributed by atoms with van der Waals surface area (Å²) in [5.74, 6) is 0.545. The van der Waals surface area contributed by atoms with Crippen molar-refractivity contribution < 1.29 is 8.42 Å². The van der Waals surface area contributed by atoms with Crippen LogP contribution < -0.4 is 0 Å². The first-order chi connectivity index (χ1) is 7.66. The summed E-state index contributed by atoms with van der Waals surface area (Å²) in [4.78, 5) is 4.29. The monoisotopic (exact) mass is 236 g/mol. The molecule has 0 saturated heterocycles. The fraction of sp³-hybridized carbons (Fsp3) is 0.182. The molecule has 0 N–H and O–H groups in total. The van der Waals surface area contributed by atoms with Gasteiger partial charge in [0.05, 0.1) is 4.90 Å². The molecule has 0 aliphatic carbocycles. The molecule has 1 aromatic carbocycles. The average molecular weight is 236 g/mol. The summed E-state index contributed by atoms with van der Waals surface area (Å²) in [5.41, 5.74) is 0. The number of hydrogen-bond acceptors (Lipinski definition) is 3. The van der Waals surface area contributed by atoms with Gasteiger partial charge >= 0.3 is 0 Å². The van der Waals surface area contributed by atoms with Crippen molar-refractivity contribution in [2.24, 2.45) is 0 Å². The lowest BCUT2D eigenvalue weighted by molar-refractivity contribution is 0.584. The molecule has 0 saturated carbocycles. The Morgan fingerprint density at radius 1 is 1.25 bits per heavy atom. The molecule has 0 aliphatic heterocycles. The maximum absolute atomic E-state index is 12.2. The van der Waals surface area contributed by atoms with E-state index in [1.807, 2.05) is 6.92 Å². The van der Waals surface area contributed by atoms with E-state index >= 15 is 0 Å². The predicted molar refractivity (Wildman–Crippen MR) is 60.6 cm³/mol. The average Bonchev–Trinajstić information content (AvgIpc) is 2.79. The van der Waals surface area contributed by atoms with Crippen LogP contribution in [0.15, 0.2) is 47.6 Å². The Labute approximate surface area is 94.6 Å². The van der Waals surface area contributed by atoms with Crippen molar-refractivity contribution >= 4 is 10.0 Å². The van der Waals surface area contributed by atoms with E-state index in [2.05, 4.69) is 4.98 Å². The lowest BCUT2D eigenvalue weighted by atomic mass is 10.4. The Kier molecular flexibility index (Phi) is 2.78. The Bertz CT molecular complexity index is 573. The number of nitrogens with zero attached hydrogens (tertiary/aromatic N) is 2. The van der Waals surface area contributed by atoms with Gasteiger partial charge in [-0.2, -0.15) is 0 Å². The van der Waals surface area contributed by atoms with Crippen molar-refractivity contribution in [2.45, 2.75) is 18.2 Å². The lowest BCUT2D eigenvalue weighted by Gasteiger charge is -2.07. The minimum Gasteiger partial charge on any atom is -0.241 e. The summed E-state index contributed by atoms with van der Waals surface area (Å²) >= 11 is 0. The topological polar surface area (TPSA) is 52.0 Å². The third-order valence-electron chi connectivity index (χ3n) is 2.30. The molecule has 2 aromatic rings. The van der Waals surface area contributed by atoms with Gasteiger partial charge < -0.3 is 0 Å². The molecule has 0 fully saturated rings. The van der Waals surface area contributed by atoms with Crippen molar-refractivity contribution in [3.05, 3.63) is 48.5 Å². The molecule has 0 atom stereocenters. The fourth-order valence-electron chi connectivity index (χ4n) is 1.49. The van der Waals surface area contributed by atoms with Crippen LogP contribution in [0, 0.1) is 0 Å². The van der Waals surface area contributed by atoms with Crippen LogP contribution in [0.5, 0.6) is 0 Å². The lowest BCUT2D eigenvalue weighted by Crippen LogP contribution is -2.14. The molecule has 4 nitrogen and oxygen atoms in total. The largest absolute Gasteiger partial charge is 0.269 e. The smallest absolute Gasteiger partial charge is 0.241 e. The minimum absolute atomic E-state index is 0.280. The van der Waals surface area contributed by atoms with Gasteiger partial charge in [0.2, 0.25) is 0 Å². The SMILES string of the molecule is CCc1nccn1S(=O)(=O)c1ccccc1. The summed E-state index contributed by atoms with van der Waals surface area (Å²) in [6.45, 7) is 1.87. The predicted octanol–water partition coefficient (Wildman–Crippen LogP) is 1.68. The van der Waals surface area contributed by atoms with E-state index in [1.165, 1.54) is 16.4 Å². The molecule has 0 bridgehead atoms. The number of imidazole rings is 1. The summed E-state index contributed by atoms with van der Waals surface area (Å²) in [6.07, 6.45) is 3.56. The van der Waals surface area contributed by atoms with Gasteiger partial charge in [-0.05, 0) is 12.1 Å². The molecule has 5 heteroatoms. The van der Waals surface area contributed by atoms with Gasteiger partial charge in [0.25, 0.3) is 10.0 Å². The van der Waals surface area contributed by atoms with Crippen molar-refractivity contribution in [3.8, 4) is 0 Å². The van der Waals surface area contributed by atoms with Crippen LogP contribution >= 0.6 is 0 Å². The summed E-state index contributed by atoms with van der Waals surface area (Å²) in [6, 6.07) is 8.35. The van der Waals surface area contributed by atoms with E-state index in [9.17, 15) is 8.42 Å². The van der Waals surface area contributed by atoms with E-state index in [-0.39, 0.29) is 4.90 Å². The van der Waals surface area contributed by atoms with Crippen molar-refractivity contribution in [1.29, 1.82) is 0 Å². The first-order valence-corrected chi connectivity index (χ1v) is 6.43. The van der Waals surface area contributed by atoms with E-state index in [1.54, 1.807) is 30.3 Å². The molecular formula is C11H12N2O2S. The van der Waals surface area contributed by atoms with Gasteiger partial charge in [-0.3, -0.25) is 0 Å². The van der Waals surface area contributed by atoms with Gasteiger partial charge in [0.1, 0.15) is 5.82 Å². The van der Waals surface area contributed by atoms with Gasteiger partial charge in [0, 0.05) is 18.8 Å². The van der Waals surface area contributed by atoms with E-state index in [0.717, 1.165) is 0 Å². The Balaban J connectivity index is 2.56. The molecular weight excluding hydrogens is 224 g/mol. The quantitative estimate of drug-likeness (QED) is 0.814. The maximum atomic E-state index is 12.2. The minimum atomic E-state index is -3.48.